The number of hydrogen-bond donors (Lipinski definition) is 1. The summed E-state index contributed by atoms with van der Waals surface area (Å²) in [6, 6.07) is 6.30. The molecule has 0 saturated carbocycles. The van der Waals surface area contributed by atoms with E-state index in [1.165, 1.54) is 11.1 Å². The van der Waals surface area contributed by atoms with Gasteiger partial charge in [0.05, 0.1) is 23.4 Å². The second-order valence-electron chi connectivity index (χ2n) is 5.79. The molecule has 1 aliphatic heterocycles. The average Bonchev–Trinajstić information content (AvgIpc) is 2.95. The van der Waals surface area contributed by atoms with Crippen molar-refractivity contribution < 1.29 is 31.1 Å². The lowest BCUT2D eigenvalue weighted by atomic mass is 10.0. The SMILES string of the molecule is O=Cc1ccc2c(c1)CNN2Cc1ccc(C(F)(F)F)cc1C(F)(F)F. The number of carbonyl (C=O) groups excluding carboxylic acids is 1. The number of anilines is 1. The second-order valence-corrected chi connectivity index (χ2v) is 5.79. The third kappa shape index (κ3) is 3.52. The fourth-order valence-corrected chi connectivity index (χ4v) is 2.82. The summed E-state index contributed by atoms with van der Waals surface area (Å²) in [7, 11) is 0. The van der Waals surface area contributed by atoms with E-state index >= 15 is 0 Å². The van der Waals surface area contributed by atoms with Crippen LogP contribution >= 0.6 is 0 Å². The summed E-state index contributed by atoms with van der Waals surface area (Å²) >= 11 is 0. The molecule has 3 nitrogen and oxygen atoms in total. The molecule has 1 heterocycles. The Bertz CT molecular complexity index is 844. The largest absolute Gasteiger partial charge is 0.416 e. The molecular formula is C17H12F6N2O. The molecule has 2 aromatic rings. The molecule has 1 aliphatic rings. The van der Waals surface area contributed by atoms with Crippen molar-refractivity contribution in [2.45, 2.75) is 25.4 Å². The van der Waals surface area contributed by atoms with Crippen LogP contribution in [0.1, 0.15) is 32.6 Å². The predicted octanol–water partition coefficient (Wildman–Crippen LogP) is 4.56. The van der Waals surface area contributed by atoms with Crippen LogP contribution in [0.2, 0.25) is 0 Å². The molecule has 0 amide bonds. The molecule has 0 aliphatic carbocycles. The third-order valence-corrected chi connectivity index (χ3v) is 4.06. The highest BCUT2D eigenvalue weighted by Crippen LogP contribution is 2.38. The quantitative estimate of drug-likeness (QED) is 0.632. The molecule has 9 heteroatoms. The molecular weight excluding hydrogens is 362 g/mol. The summed E-state index contributed by atoms with van der Waals surface area (Å²) in [5.74, 6) is 0. The van der Waals surface area contributed by atoms with Gasteiger partial charge in [-0.2, -0.15) is 26.3 Å². The van der Waals surface area contributed by atoms with Gasteiger partial charge in [0.2, 0.25) is 0 Å². The van der Waals surface area contributed by atoms with Crippen molar-refractivity contribution in [3.8, 4) is 0 Å². The Morgan fingerprint density at radius 1 is 1.00 bits per heavy atom. The Hall–Kier alpha value is -2.55. The number of halogens is 6. The minimum atomic E-state index is -4.92. The number of alkyl halides is 6. The lowest BCUT2D eigenvalue weighted by Gasteiger charge is -2.23. The number of rotatable bonds is 3. The van der Waals surface area contributed by atoms with Crippen molar-refractivity contribution in [3.63, 3.8) is 0 Å². The van der Waals surface area contributed by atoms with E-state index in [0.717, 1.165) is 11.6 Å². The second kappa shape index (κ2) is 6.31. The number of hydrogen-bond acceptors (Lipinski definition) is 3. The monoisotopic (exact) mass is 374 g/mol. The van der Waals surface area contributed by atoms with Crippen molar-refractivity contribution in [1.82, 2.24) is 5.43 Å². The maximum absolute atomic E-state index is 13.2. The number of carbonyl (C=O) groups is 1. The number of nitrogens with zero attached hydrogens (tertiary/aromatic N) is 1. The predicted molar refractivity (Wildman–Crippen MR) is 81.3 cm³/mol. The molecule has 3 rings (SSSR count). The number of nitrogens with one attached hydrogen (secondary N) is 1. The summed E-state index contributed by atoms with van der Waals surface area (Å²) in [5.41, 5.74) is 1.63. The summed E-state index contributed by atoms with van der Waals surface area (Å²) in [6.07, 6.45) is -9.12. The molecule has 0 spiro atoms. The van der Waals surface area contributed by atoms with Crippen LogP contribution in [0.25, 0.3) is 0 Å². The maximum atomic E-state index is 13.2. The molecule has 1 N–H and O–H groups in total. The number of benzene rings is 2. The summed E-state index contributed by atoms with van der Waals surface area (Å²) < 4.78 is 77.9. The average molecular weight is 374 g/mol. The minimum Gasteiger partial charge on any atom is -0.303 e. The van der Waals surface area contributed by atoms with Gasteiger partial charge in [0.1, 0.15) is 6.29 Å². The van der Waals surface area contributed by atoms with Crippen LogP contribution in [-0.4, -0.2) is 6.29 Å². The standard InChI is InChI=1S/C17H12F6N2O/c18-16(19,20)13-3-2-11(14(6-13)17(21,22)23)8-25-15-4-1-10(9-26)5-12(15)7-24-25/h1-6,9,24H,7-8H2. The minimum absolute atomic E-state index is 0.127. The van der Waals surface area contributed by atoms with E-state index in [1.54, 1.807) is 12.1 Å². The Kier molecular flexibility index (Phi) is 4.43. The van der Waals surface area contributed by atoms with Gasteiger partial charge in [-0.15, -0.1) is 0 Å². The van der Waals surface area contributed by atoms with Crippen LogP contribution in [0.3, 0.4) is 0 Å². The van der Waals surface area contributed by atoms with Gasteiger partial charge < -0.3 is 5.01 Å². The van der Waals surface area contributed by atoms with Crippen LogP contribution in [0.5, 0.6) is 0 Å². The van der Waals surface area contributed by atoms with Crippen LogP contribution in [0.15, 0.2) is 36.4 Å². The van der Waals surface area contributed by atoms with E-state index in [0.29, 0.717) is 30.1 Å². The van der Waals surface area contributed by atoms with Crippen molar-refractivity contribution in [1.29, 1.82) is 0 Å². The van der Waals surface area contributed by atoms with Gasteiger partial charge in [0.15, 0.2) is 0 Å². The first-order chi connectivity index (χ1) is 12.1. The van der Waals surface area contributed by atoms with E-state index in [2.05, 4.69) is 5.43 Å². The van der Waals surface area contributed by atoms with E-state index < -0.39 is 23.5 Å². The van der Waals surface area contributed by atoms with Crippen molar-refractivity contribution in [3.05, 3.63) is 64.2 Å². The smallest absolute Gasteiger partial charge is 0.303 e. The number of aldehydes is 1. The van der Waals surface area contributed by atoms with Gasteiger partial charge in [-0.25, -0.2) is 5.43 Å². The van der Waals surface area contributed by atoms with Gasteiger partial charge in [-0.05, 0) is 41.5 Å². The molecule has 0 unspecified atom stereocenters. The van der Waals surface area contributed by atoms with Gasteiger partial charge in [0.25, 0.3) is 0 Å². The normalized spacial score (nSPS) is 14.5. The van der Waals surface area contributed by atoms with Crippen molar-refractivity contribution in [2.75, 3.05) is 5.01 Å². The highest BCUT2D eigenvalue weighted by molar-refractivity contribution is 5.77. The third-order valence-electron chi connectivity index (χ3n) is 4.06. The maximum Gasteiger partial charge on any atom is 0.416 e. The first-order valence-corrected chi connectivity index (χ1v) is 7.46. The lowest BCUT2D eigenvalue weighted by Crippen LogP contribution is -2.32. The fourth-order valence-electron chi connectivity index (χ4n) is 2.82. The molecule has 138 valence electrons. The molecule has 2 aromatic carbocycles. The van der Waals surface area contributed by atoms with E-state index in [-0.39, 0.29) is 18.2 Å². The Morgan fingerprint density at radius 3 is 2.35 bits per heavy atom. The zero-order valence-corrected chi connectivity index (χ0v) is 13.1. The first kappa shape index (κ1) is 18.2. The van der Waals surface area contributed by atoms with Gasteiger partial charge in [-0.1, -0.05) is 6.07 Å². The Balaban J connectivity index is 1.95. The van der Waals surface area contributed by atoms with E-state index in [9.17, 15) is 31.1 Å². The summed E-state index contributed by atoms with van der Waals surface area (Å²) in [6.45, 7) is 0.0272. The van der Waals surface area contributed by atoms with Crippen LogP contribution in [0.4, 0.5) is 32.0 Å². The highest BCUT2D eigenvalue weighted by Gasteiger charge is 2.38. The zero-order chi connectivity index (χ0) is 19.1. The molecule has 0 aromatic heterocycles. The van der Waals surface area contributed by atoms with E-state index in [1.807, 2.05) is 0 Å². The molecule has 26 heavy (non-hydrogen) atoms. The highest BCUT2D eigenvalue weighted by atomic mass is 19.4. The van der Waals surface area contributed by atoms with Gasteiger partial charge >= 0.3 is 12.4 Å². The number of fused-ring (bicyclic) bond motifs is 1. The molecule has 0 fully saturated rings. The molecule has 0 bridgehead atoms. The Morgan fingerprint density at radius 2 is 1.73 bits per heavy atom. The topological polar surface area (TPSA) is 32.3 Å². The summed E-state index contributed by atoms with van der Waals surface area (Å²) in [4.78, 5) is 10.8. The van der Waals surface area contributed by atoms with E-state index in [4.69, 9.17) is 0 Å². The lowest BCUT2D eigenvalue weighted by molar-refractivity contribution is -0.143. The zero-order valence-electron chi connectivity index (χ0n) is 13.1. The molecule has 0 saturated heterocycles. The van der Waals surface area contributed by atoms with Crippen LogP contribution < -0.4 is 10.4 Å². The summed E-state index contributed by atoms with van der Waals surface area (Å²) in [5, 5.41) is 1.42. The van der Waals surface area contributed by atoms with Gasteiger partial charge in [-0.3, -0.25) is 4.79 Å². The van der Waals surface area contributed by atoms with Crippen molar-refractivity contribution in [2.24, 2.45) is 0 Å². The van der Waals surface area contributed by atoms with Crippen LogP contribution in [0, 0.1) is 0 Å². The van der Waals surface area contributed by atoms with Crippen molar-refractivity contribution >= 4 is 12.0 Å². The fraction of sp³-hybridized carbons (Fsp3) is 0.235. The van der Waals surface area contributed by atoms with Crippen LogP contribution in [-0.2, 0) is 25.4 Å². The van der Waals surface area contributed by atoms with Gasteiger partial charge in [0, 0.05) is 12.1 Å². The molecule has 0 atom stereocenters. The molecule has 0 radical (unpaired) electrons. The Labute approximate surface area is 144 Å². The number of hydrazine groups is 1. The first-order valence-electron chi connectivity index (χ1n) is 7.46.